The molecule has 0 bridgehead atoms. The average molecular weight is 425 g/mol. The number of anilines is 1. The van der Waals surface area contributed by atoms with Crippen LogP contribution in [0.2, 0.25) is 5.02 Å². The van der Waals surface area contributed by atoms with E-state index in [0.29, 0.717) is 22.0 Å². The van der Waals surface area contributed by atoms with Gasteiger partial charge in [-0.3, -0.25) is 19.3 Å². The Kier molecular flexibility index (Phi) is 4.64. The second-order valence-electron chi connectivity index (χ2n) is 8.00. The minimum atomic E-state index is -0.695. The van der Waals surface area contributed by atoms with E-state index in [1.807, 2.05) is 18.2 Å². The van der Waals surface area contributed by atoms with E-state index in [4.69, 9.17) is 16.3 Å². The lowest BCUT2D eigenvalue weighted by Gasteiger charge is -2.28. The fourth-order valence-electron chi connectivity index (χ4n) is 5.36. The number of benzene rings is 2. The molecule has 2 aromatic carbocycles. The zero-order valence-corrected chi connectivity index (χ0v) is 17.2. The highest BCUT2D eigenvalue weighted by atomic mass is 35.5. The summed E-state index contributed by atoms with van der Waals surface area (Å²) in [5.41, 5.74) is 0.901. The lowest BCUT2D eigenvalue weighted by Crippen LogP contribution is -2.46. The van der Waals surface area contributed by atoms with Crippen LogP contribution in [0, 0.1) is 11.8 Å². The van der Waals surface area contributed by atoms with E-state index in [0.717, 1.165) is 19.4 Å². The highest BCUT2D eigenvalue weighted by Gasteiger charge is 2.65. The zero-order valence-electron chi connectivity index (χ0n) is 16.5. The van der Waals surface area contributed by atoms with Crippen LogP contribution in [0.15, 0.2) is 48.5 Å². The molecule has 3 aliphatic rings. The number of ether oxygens (including phenoxy) is 1. The number of ketones is 1. The number of imide groups is 1. The Balaban J connectivity index is 1.58. The number of fused-ring (bicyclic) bond motifs is 3. The van der Waals surface area contributed by atoms with Crippen LogP contribution in [0.3, 0.4) is 0 Å². The van der Waals surface area contributed by atoms with Crippen LogP contribution in [-0.4, -0.2) is 48.2 Å². The molecular formula is C23H21ClN2O4. The van der Waals surface area contributed by atoms with Crippen LogP contribution in [0.1, 0.15) is 23.2 Å². The van der Waals surface area contributed by atoms with Crippen LogP contribution < -0.4 is 9.64 Å². The summed E-state index contributed by atoms with van der Waals surface area (Å²) in [5.74, 6) is -1.55. The molecule has 154 valence electrons. The number of Topliss-reactive ketones (excluding diaryl/α,β-unsaturated/α-hetero) is 1. The molecule has 3 heterocycles. The lowest BCUT2D eigenvalue weighted by molar-refractivity contribution is -0.123. The van der Waals surface area contributed by atoms with Crippen molar-refractivity contribution in [2.24, 2.45) is 11.8 Å². The normalized spacial score (nSPS) is 28.0. The summed E-state index contributed by atoms with van der Waals surface area (Å²) >= 11 is 6.15. The molecule has 0 unspecified atom stereocenters. The van der Waals surface area contributed by atoms with E-state index in [9.17, 15) is 14.4 Å². The van der Waals surface area contributed by atoms with Crippen LogP contribution in [0.25, 0.3) is 0 Å². The Morgan fingerprint density at radius 2 is 1.80 bits per heavy atom. The number of nitrogens with zero attached hydrogens (tertiary/aromatic N) is 2. The molecule has 0 saturated carbocycles. The minimum absolute atomic E-state index is 0.0979. The molecule has 7 heteroatoms. The number of amides is 2. The van der Waals surface area contributed by atoms with E-state index >= 15 is 0 Å². The third-order valence-corrected chi connectivity index (χ3v) is 6.80. The van der Waals surface area contributed by atoms with Crippen LogP contribution in [0.5, 0.6) is 5.75 Å². The number of carbonyl (C=O) groups is 3. The molecule has 5 rings (SSSR count). The van der Waals surface area contributed by atoms with E-state index in [1.54, 1.807) is 30.3 Å². The van der Waals surface area contributed by atoms with Crippen molar-refractivity contribution in [3.05, 3.63) is 59.1 Å². The molecule has 2 amide bonds. The smallest absolute Gasteiger partial charge is 0.239 e. The van der Waals surface area contributed by atoms with Gasteiger partial charge in [0.05, 0.1) is 30.7 Å². The Bertz CT molecular complexity index is 1040. The zero-order chi connectivity index (χ0) is 21.0. The number of rotatable bonds is 4. The first kappa shape index (κ1) is 19.3. The van der Waals surface area contributed by atoms with Gasteiger partial charge in [-0.2, -0.15) is 0 Å². The third-order valence-electron chi connectivity index (χ3n) is 6.56. The van der Waals surface area contributed by atoms with Crippen molar-refractivity contribution in [2.75, 3.05) is 18.6 Å². The average Bonchev–Trinajstić information content (AvgIpc) is 3.40. The first-order valence-electron chi connectivity index (χ1n) is 10.1. The molecule has 0 aliphatic carbocycles. The number of carbonyl (C=O) groups excluding carboxylic acids is 3. The van der Waals surface area contributed by atoms with E-state index < -0.39 is 17.9 Å². The minimum Gasteiger partial charge on any atom is -0.495 e. The first-order chi connectivity index (χ1) is 14.5. The predicted molar refractivity (Wildman–Crippen MR) is 112 cm³/mol. The van der Waals surface area contributed by atoms with Gasteiger partial charge in [-0.05, 0) is 37.6 Å². The van der Waals surface area contributed by atoms with E-state index in [2.05, 4.69) is 4.90 Å². The number of methoxy groups -OCH3 is 1. The van der Waals surface area contributed by atoms with Gasteiger partial charge < -0.3 is 4.74 Å². The van der Waals surface area contributed by atoms with Crippen molar-refractivity contribution in [3.63, 3.8) is 0 Å². The molecule has 4 atom stereocenters. The van der Waals surface area contributed by atoms with Gasteiger partial charge in [0.15, 0.2) is 5.78 Å². The van der Waals surface area contributed by atoms with Gasteiger partial charge in [0, 0.05) is 16.6 Å². The maximum absolute atomic E-state index is 13.6. The van der Waals surface area contributed by atoms with Crippen LogP contribution in [-0.2, 0) is 9.59 Å². The Labute approximate surface area is 179 Å². The molecule has 0 N–H and O–H groups in total. The Morgan fingerprint density at radius 3 is 2.53 bits per heavy atom. The molecule has 30 heavy (non-hydrogen) atoms. The largest absolute Gasteiger partial charge is 0.495 e. The number of hydrogen-bond acceptors (Lipinski definition) is 5. The van der Waals surface area contributed by atoms with Gasteiger partial charge in [-0.25, -0.2) is 4.90 Å². The summed E-state index contributed by atoms with van der Waals surface area (Å²) in [6.07, 6.45) is 1.72. The van der Waals surface area contributed by atoms with Crippen molar-refractivity contribution >= 4 is 34.9 Å². The van der Waals surface area contributed by atoms with Crippen LogP contribution >= 0.6 is 11.6 Å². The summed E-state index contributed by atoms with van der Waals surface area (Å²) in [5, 5.41) is 0.405. The van der Waals surface area contributed by atoms with Crippen molar-refractivity contribution in [2.45, 2.75) is 24.9 Å². The summed E-state index contributed by atoms with van der Waals surface area (Å²) < 4.78 is 5.38. The number of hydrogen-bond donors (Lipinski definition) is 0. The third kappa shape index (κ3) is 2.71. The van der Waals surface area contributed by atoms with E-state index in [-0.39, 0.29) is 23.6 Å². The molecule has 0 spiro atoms. The van der Waals surface area contributed by atoms with Crippen molar-refractivity contribution in [1.29, 1.82) is 0 Å². The van der Waals surface area contributed by atoms with Crippen LogP contribution in [0.4, 0.5) is 5.69 Å². The molecule has 2 aromatic rings. The highest BCUT2D eigenvalue weighted by molar-refractivity contribution is 6.32. The van der Waals surface area contributed by atoms with Gasteiger partial charge in [0.1, 0.15) is 5.75 Å². The topological polar surface area (TPSA) is 66.9 Å². The van der Waals surface area contributed by atoms with E-state index in [1.165, 1.54) is 12.0 Å². The monoisotopic (exact) mass is 424 g/mol. The molecule has 3 fully saturated rings. The molecule has 0 radical (unpaired) electrons. The maximum Gasteiger partial charge on any atom is 0.239 e. The van der Waals surface area contributed by atoms with Gasteiger partial charge in [-0.1, -0.05) is 41.9 Å². The first-order valence-corrected chi connectivity index (χ1v) is 10.5. The Hall–Kier alpha value is -2.70. The molecule has 0 aromatic heterocycles. The summed E-state index contributed by atoms with van der Waals surface area (Å²) in [7, 11) is 1.49. The second-order valence-corrected chi connectivity index (χ2v) is 8.44. The van der Waals surface area contributed by atoms with Crippen molar-refractivity contribution in [1.82, 2.24) is 4.90 Å². The Morgan fingerprint density at radius 1 is 1.07 bits per heavy atom. The predicted octanol–water partition coefficient (Wildman–Crippen LogP) is 3.18. The summed E-state index contributed by atoms with van der Waals surface area (Å²) in [4.78, 5) is 43.8. The summed E-state index contributed by atoms with van der Waals surface area (Å²) in [6, 6.07) is 13.1. The summed E-state index contributed by atoms with van der Waals surface area (Å²) in [6.45, 7) is 0.724. The standard InChI is InChI=1S/C23H21ClN2O4/c1-30-17-10-9-14(24)12-16(17)26-22(28)18-15-8-5-11-25(15)20(19(18)23(26)29)21(27)13-6-3-2-4-7-13/h2-4,6-7,9-10,12,15,18-20H,5,8,11H2,1H3/t15-,18+,19+,20-/m0/s1. The second kappa shape index (κ2) is 7.22. The highest BCUT2D eigenvalue weighted by Crippen LogP contribution is 2.49. The molecule has 3 aliphatic heterocycles. The molecule has 6 nitrogen and oxygen atoms in total. The number of halogens is 1. The van der Waals surface area contributed by atoms with Crippen molar-refractivity contribution < 1.29 is 19.1 Å². The SMILES string of the molecule is COc1ccc(Cl)cc1N1C(=O)[C@@H]2[C@H](C1=O)[C@@H]1CCCN1[C@@H]2C(=O)c1ccccc1. The van der Waals surface area contributed by atoms with Crippen molar-refractivity contribution in [3.8, 4) is 5.75 Å². The van der Waals surface area contributed by atoms with Gasteiger partial charge in [-0.15, -0.1) is 0 Å². The van der Waals surface area contributed by atoms with Gasteiger partial charge in [0.2, 0.25) is 11.8 Å². The lowest BCUT2D eigenvalue weighted by atomic mass is 9.85. The maximum atomic E-state index is 13.6. The fraction of sp³-hybridized carbons (Fsp3) is 0.348. The van der Waals surface area contributed by atoms with Gasteiger partial charge in [0.25, 0.3) is 0 Å². The van der Waals surface area contributed by atoms with Gasteiger partial charge >= 0.3 is 0 Å². The quantitative estimate of drug-likeness (QED) is 0.557. The molecular weight excluding hydrogens is 404 g/mol. The molecule has 3 saturated heterocycles. The fourth-order valence-corrected chi connectivity index (χ4v) is 5.53.